The predicted molar refractivity (Wildman–Crippen MR) is 90.0 cm³/mol. The van der Waals surface area contributed by atoms with E-state index in [9.17, 15) is 13.2 Å². The van der Waals surface area contributed by atoms with Gasteiger partial charge in [0.25, 0.3) is 15.6 Å². The summed E-state index contributed by atoms with van der Waals surface area (Å²) >= 11 is 1.10. The molecule has 2 aromatic heterocycles. The van der Waals surface area contributed by atoms with Crippen molar-refractivity contribution in [3.8, 4) is 11.3 Å². The van der Waals surface area contributed by atoms with Crippen molar-refractivity contribution in [2.24, 2.45) is 7.05 Å². The number of sulfonamides is 1. The zero-order valence-corrected chi connectivity index (χ0v) is 13.8. The van der Waals surface area contributed by atoms with Crippen molar-refractivity contribution in [1.82, 2.24) is 9.78 Å². The van der Waals surface area contributed by atoms with E-state index in [0.29, 0.717) is 16.9 Å². The second-order valence-electron chi connectivity index (χ2n) is 4.81. The maximum absolute atomic E-state index is 12.4. The molecule has 8 heteroatoms. The lowest BCUT2D eigenvalue weighted by atomic mass is 10.2. The van der Waals surface area contributed by atoms with E-state index >= 15 is 0 Å². The average molecular weight is 347 g/mol. The van der Waals surface area contributed by atoms with Gasteiger partial charge in [-0.05, 0) is 24.3 Å². The number of hydrogen-bond donors (Lipinski definition) is 1. The van der Waals surface area contributed by atoms with E-state index in [1.807, 2.05) is 6.07 Å². The summed E-state index contributed by atoms with van der Waals surface area (Å²) < 4.78 is 28.7. The molecule has 0 amide bonds. The van der Waals surface area contributed by atoms with Gasteiger partial charge in [0.15, 0.2) is 0 Å². The number of thiophene rings is 1. The summed E-state index contributed by atoms with van der Waals surface area (Å²) in [6.07, 6.45) is 0. The van der Waals surface area contributed by atoms with Crippen LogP contribution in [-0.2, 0) is 17.1 Å². The second kappa shape index (κ2) is 5.98. The molecule has 0 saturated carbocycles. The molecule has 23 heavy (non-hydrogen) atoms. The Morgan fingerprint density at radius 1 is 1.13 bits per heavy atom. The van der Waals surface area contributed by atoms with Crippen molar-refractivity contribution < 1.29 is 8.42 Å². The fourth-order valence-corrected chi connectivity index (χ4v) is 4.19. The molecule has 3 rings (SSSR count). The van der Waals surface area contributed by atoms with Crippen LogP contribution in [0.15, 0.2) is 62.9 Å². The van der Waals surface area contributed by atoms with Crippen LogP contribution in [0.3, 0.4) is 0 Å². The average Bonchev–Trinajstić information content (AvgIpc) is 3.01. The lowest BCUT2D eigenvalue weighted by molar-refractivity contribution is 0.603. The van der Waals surface area contributed by atoms with Crippen molar-refractivity contribution in [3.63, 3.8) is 0 Å². The molecule has 3 aromatic rings. The Hall–Kier alpha value is -2.45. The molecule has 0 spiro atoms. The largest absolute Gasteiger partial charge is 0.279 e. The van der Waals surface area contributed by atoms with Crippen molar-refractivity contribution in [2.75, 3.05) is 4.72 Å². The van der Waals surface area contributed by atoms with Crippen LogP contribution in [-0.4, -0.2) is 18.2 Å². The van der Waals surface area contributed by atoms with E-state index in [0.717, 1.165) is 11.3 Å². The summed E-state index contributed by atoms with van der Waals surface area (Å²) in [4.78, 5) is 11.4. The third-order valence-electron chi connectivity index (χ3n) is 3.12. The molecule has 0 aliphatic carbocycles. The number of nitrogens with zero attached hydrogens (tertiary/aromatic N) is 2. The van der Waals surface area contributed by atoms with Gasteiger partial charge in [-0.2, -0.15) is 5.10 Å². The van der Waals surface area contributed by atoms with Crippen molar-refractivity contribution in [2.45, 2.75) is 4.21 Å². The first kappa shape index (κ1) is 15.4. The number of aromatic nitrogens is 2. The molecule has 0 aliphatic rings. The zero-order chi connectivity index (χ0) is 16.4. The third kappa shape index (κ3) is 3.33. The smallest absolute Gasteiger partial charge is 0.271 e. The molecule has 6 nitrogen and oxygen atoms in total. The van der Waals surface area contributed by atoms with E-state index in [1.165, 1.54) is 10.7 Å². The van der Waals surface area contributed by atoms with E-state index in [4.69, 9.17) is 0 Å². The molecule has 2 heterocycles. The van der Waals surface area contributed by atoms with Crippen molar-refractivity contribution in [3.05, 3.63) is 64.3 Å². The maximum Gasteiger partial charge on any atom is 0.271 e. The molecular weight excluding hydrogens is 334 g/mol. The minimum Gasteiger partial charge on any atom is -0.279 e. The number of hydrogen-bond acceptors (Lipinski definition) is 5. The standard InChI is InChI=1S/C15H13N3O3S2/c1-18-14(19)8-7-13(16-18)11-9-15(22-10-11)23(20,21)17-12-5-3-2-4-6-12/h2-10,17H,1H3. The van der Waals surface area contributed by atoms with Crippen LogP contribution in [0.1, 0.15) is 0 Å². The number of anilines is 1. The zero-order valence-electron chi connectivity index (χ0n) is 12.1. The Balaban J connectivity index is 1.91. The first-order valence-electron chi connectivity index (χ1n) is 6.67. The fraction of sp³-hybridized carbons (Fsp3) is 0.0667. The van der Waals surface area contributed by atoms with Gasteiger partial charge in [-0.3, -0.25) is 9.52 Å². The summed E-state index contributed by atoms with van der Waals surface area (Å²) in [6.45, 7) is 0. The summed E-state index contributed by atoms with van der Waals surface area (Å²) in [7, 11) is -2.10. The monoisotopic (exact) mass is 347 g/mol. The first-order chi connectivity index (χ1) is 11.0. The summed E-state index contributed by atoms with van der Waals surface area (Å²) in [5.41, 5.74) is 1.48. The lowest BCUT2D eigenvalue weighted by Gasteiger charge is -2.05. The maximum atomic E-state index is 12.4. The van der Waals surface area contributed by atoms with Crippen LogP contribution in [0.25, 0.3) is 11.3 Å². The Morgan fingerprint density at radius 2 is 1.87 bits per heavy atom. The van der Waals surface area contributed by atoms with Crippen LogP contribution in [0.4, 0.5) is 5.69 Å². The number of aryl methyl sites for hydroxylation is 1. The number of para-hydroxylation sites is 1. The second-order valence-corrected chi connectivity index (χ2v) is 7.63. The summed E-state index contributed by atoms with van der Waals surface area (Å²) in [6, 6.07) is 13.2. The van der Waals surface area contributed by atoms with Gasteiger partial charge in [0.05, 0.1) is 5.69 Å². The molecule has 0 bridgehead atoms. The molecule has 0 saturated heterocycles. The van der Waals surface area contributed by atoms with Crippen LogP contribution in [0.2, 0.25) is 0 Å². The molecule has 1 N–H and O–H groups in total. The Labute approximate surface area is 137 Å². The van der Waals surface area contributed by atoms with Gasteiger partial charge in [-0.15, -0.1) is 11.3 Å². The Bertz CT molecular complexity index is 992. The molecule has 0 radical (unpaired) electrons. The Morgan fingerprint density at radius 3 is 2.57 bits per heavy atom. The highest BCUT2D eigenvalue weighted by molar-refractivity contribution is 7.94. The quantitative estimate of drug-likeness (QED) is 0.785. The van der Waals surface area contributed by atoms with E-state index < -0.39 is 10.0 Å². The van der Waals surface area contributed by atoms with Gasteiger partial charge in [-0.1, -0.05) is 18.2 Å². The van der Waals surface area contributed by atoms with Crippen molar-refractivity contribution >= 4 is 27.0 Å². The van der Waals surface area contributed by atoms with Gasteiger partial charge in [-0.25, -0.2) is 13.1 Å². The first-order valence-corrected chi connectivity index (χ1v) is 9.03. The highest BCUT2D eigenvalue weighted by Gasteiger charge is 2.18. The highest BCUT2D eigenvalue weighted by Crippen LogP contribution is 2.28. The molecule has 118 valence electrons. The molecule has 0 aliphatic heterocycles. The summed E-state index contributed by atoms with van der Waals surface area (Å²) in [5.74, 6) is 0. The normalized spacial score (nSPS) is 11.3. The van der Waals surface area contributed by atoms with Gasteiger partial charge in [0.2, 0.25) is 0 Å². The molecule has 0 fully saturated rings. The van der Waals surface area contributed by atoms with E-state index in [-0.39, 0.29) is 9.77 Å². The third-order valence-corrected chi connectivity index (χ3v) is 5.94. The molecular formula is C15H13N3O3S2. The molecule has 0 atom stereocenters. The van der Waals surface area contributed by atoms with Crippen molar-refractivity contribution in [1.29, 1.82) is 0 Å². The predicted octanol–water partition coefficient (Wildman–Crippen LogP) is 2.31. The minimum atomic E-state index is -3.65. The van der Waals surface area contributed by atoms with Crippen LogP contribution >= 0.6 is 11.3 Å². The highest BCUT2D eigenvalue weighted by atomic mass is 32.2. The molecule has 1 aromatic carbocycles. The Kier molecular flexibility index (Phi) is 4.01. The number of rotatable bonds is 4. The summed E-state index contributed by atoms with van der Waals surface area (Å²) in [5, 5.41) is 5.82. The van der Waals surface area contributed by atoms with Gasteiger partial charge in [0, 0.05) is 29.7 Å². The van der Waals surface area contributed by atoms with Crippen LogP contribution in [0.5, 0.6) is 0 Å². The topological polar surface area (TPSA) is 81.1 Å². The lowest BCUT2D eigenvalue weighted by Crippen LogP contribution is -2.18. The van der Waals surface area contributed by atoms with E-state index in [1.54, 1.807) is 48.8 Å². The van der Waals surface area contributed by atoms with E-state index in [2.05, 4.69) is 9.82 Å². The number of benzene rings is 1. The van der Waals surface area contributed by atoms with Gasteiger partial charge < -0.3 is 0 Å². The van der Waals surface area contributed by atoms with Gasteiger partial charge >= 0.3 is 0 Å². The number of nitrogens with one attached hydrogen (secondary N) is 1. The molecule has 0 unspecified atom stereocenters. The van der Waals surface area contributed by atoms with Crippen LogP contribution < -0.4 is 10.3 Å². The minimum absolute atomic E-state index is 0.187. The van der Waals surface area contributed by atoms with Crippen LogP contribution in [0, 0.1) is 0 Å². The SMILES string of the molecule is Cn1nc(-c2csc(S(=O)(=O)Nc3ccccc3)c2)ccc1=O. The van der Waals surface area contributed by atoms with Gasteiger partial charge in [0.1, 0.15) is 4.21 Å². The fourth-order valence-electron chi connectivity index (χ4n) is 1.96.